The molecule has 8 heteroatoms. The van der Waals surface area contributed by atoms with Crippen LogP contribution >= 0.6 is 11.8 Å². The number of benzene rings is 1. The third-order valence-corrected chi connectivity index (χ3v) is 5.41. The largest absolute Gasteiger partial charge is 0.465 e. The van der Waals surface area contributed by atoms with Crippen molar-refractivity contribution in [2.45, 2.75) is 19.0 Å². The van der Waals surface area contributed by atoms with E-state index in [0.717, 1.165) is 0 Å². The van der Waals surface area contributed by atoms with Gasteiger partial charge in [-0.15, -0.1) is 0 Å². The highest BCUT2D eigenvalue weighted by Gasteiger charge is 2.22. The second kappa shape index (κ2) is 7.40. The smallest absolute Gasteiger partial charge is 0.339 e. The van der Waals surface area contributed by atoms with Crippen LogP contribution in [0.15, 0.2) is 34.2 Å². The number of hydrogen-bond donors (Lipinski definition) is 1. The number of thioether (sulfide) groups is 1. The number of ketones is 1. The van der Waals surface area contributed by atoms with Gasteiger partial charge in [0.1, 0.15) is 0 Å². The van der Waals surface area contributed by atoms with E-state index in [-0.39, 0.29) is 17.1 Å². The molecule has 0 spiro atoms. The number of ether oxygens (including phenoxy) is 1. The number of carbonyl (C=O) groups excluding carboxylic acids is 2. The Morgan fingerprint density at radius 1 is 1.26 bits per heavy atom. The van der Waals surface area contributed by atoms with Crippen LogP contribution in [-0.2, 0) is 11.8 Å². The Kier molecular flexibility index (Phi) is 5.18. The summed E-state index contributed by atoms with van der Waals surface area (Å²) in [6.07, 6.45) is 0. The summed E-state index contributed by atoms with van der Waals surface area (Å²) in [4.78, 5) is 44.4. The predicted octanol–water partition coefficient (Wildman–Crippen LogP) is 2.64. The molecule has 1 N–H and O–H groups in total. The maximum Gasteiger partial charge on any atom is 0.339 e. The van der Waals surface area contributed by atoms with E-state index in [9.17, 15) is 14.4 Å². The molecule has 3 rings (SSSR count). The summed E-state index contributed by atoms with van der Waals surface area (Å²) >= 11 is 1.18. The lowest BCUT2D eigenvalue weighted by Crippen LogP contribution is -2.20. The van der Waals surface area contributed by atoms with Crippen molar-refractivity contribution in [3.63, 3.8) is 0 Å². The maximum absolute atomic E-state index is 12.7. The van der Waals surface area contributed by atoms with Gasteiger partial charge in [-0.25, -0.2) is 9.78 Å². The van der Waals surface area contributed by atoms with Gasteiger partial charge in [0.25, 0.3) is 5.56 Å². The fourth-order valence-corrected chi connectivity index (χ4v) is 3.81. The Balaban J connectivity index is 1.87. The molecule has 0 unspecified atom stereocenters. The highest BCUT2D eigenvalue weighted by atomic mass is 32.2. The lowest BCUT2D eigenvalue weighted by Gasteiger charge is -2.08. The molecular weight excluding hydrogens is 366 g/mol. The molecule has 3 aromatic rings. The van der Waals surface area contributed by atoms with Crippen LogP contribution in [0.1, 0.15) is 32.1 Å². The average molecular weight is 385 g/mol. The molecule has 0 radical (unpaired) electrons. The third-order valence-electron chi connectivity index (χ3n) is 4.38. The van der Waals surface area contributed by atoms with Gasteiger partial charge in [0.15, 0.2) is 10.9 Å². The molecule has 0 aliphatic heterocycles. The molecular formula is C19H19N3O4S. The van der Waals surface area contributed by atoms with E-state index in [2.05, 4.69) is 9.97 Å². The second-order valence-electron chi connectivity index (χ2n) is 6.10. The molecule has 0 amide bonds. The van der Waals surface area contributed by atoms with Gasteiger partial charge in [-0.3, -0.25) is 14.2 Å². The van der Waals surface area contributed by atoms with Crippen molar-refractivity contribution in [3.05, 3.63) is 57.1 Å². The summed E-state index contributed by atoms with van der Waals surface area (Å²) in [6.45, 7) is 3.43. The number of aromatic nitrogens is 3. The number of rotatable bonds is 5. The first-order valence-corrected chi connectivity index (χ1v) is 9.23. The summed E-state index contributed by atoms with van der Waals surface area (Å²) in [5.41, 5.74) is 2.33. The monoisotopic (exact) mass is 385 g/mol. The third kappa shape index (κ3) is 3.40. The number of nitrogens with zero attached hydrogens (tertiary/aromatic N) is 2. The van der Waals surface area contributed by atoms with Crippen LogP contribution in [0.25, 0.3) is 10.9 Å². The Hall–Kier alpha value is -2.87. The lowest BCUT2D eigenvalue weighted by atomic mass is 10.1. The zero-order chi connectivity index (χ0) is 19.7. The number of H-pyrrole nitrogens is 1. The van der Waals surface area contributed by atoms with Crippen LogP contribution in [0.5, 0.6) is 0 Å². The SMILES string of the molecule is COC(=O)c1c(C)[nH]c(C(=O)CSc2nc3ccccc3c(=O)n2C)c1C. The standard InChI is InChI=1S/C19H19N3O4S/c1-10-15(18(25)26-4)11(2)20-16(10)14(23)9-27-19-21-13-8-6-5-7-12(13)17(24)22(19)3/h5-8,20H,9H2,1-4H3. The first kappa shape index (κ1) is 18.9. The van der Waals surface area contributed by atoms with Gasteiger partial charge in [-0.2, -0.15) is 0 Å². The number of para-hydroxylation sites is 1. The molecule has 0 saturated carbocycles. The van der Waals surface area contributed by atoms with Crippen LogP contribution in [0.3, 0.4) is 0 Å². The van der Waals surface area contributed by atoms with E-state index in [1.54, 1.807) is 39.1 Å². The van der Waals surface area contributed by atoms with Gasteiger partial charge in [0.05, 0.1) is 35.0 Å². The van der Waals surface area contributed by atoms with Crippen LogP contribution in [-0.4, -0.2) is 39.2 Å². The van der Waals surface area contributed by atoms with Crippen LogP contribution < -0.4 is 5.56 Å². The minimum atomic E-state index is -0.480. The van der Waals surface area contributed by atoms with E-state index >= 15 is 0 Å². The van der Waals surface area contributed by atoms with Gasteiger partial charge in [-0.1, -0.05) is 23.9 Å². The number of methoxy groups -OCH3 is 1. The fourth-order valence-electron chi connectivity index (χ4n) is 2.97. The van der Waals surface area contributed by atoms with Crippen molar-refractivity contribution in [2.75, 3.05) is 12.9 Å². The first-order chi connectivity index (χ1) is 12.8. The topological polar surface area (TPSA) is 94.1 Å². The van der Waals surface area contributed by atoms with E-state index in [4.69, 9.17) is 4.74 Å². The number of Topliss-reactive ketones (excluding diaryl/α,β-unsaturated/α-hetero) is 1. The van der Waals surface area contributed by atoms with Gasteiger partial charge in [-0.05, 0) is 31.5 Å². The molecule has 0 fully saturated rings. The van der Waals surface area contributed by atoms with Gasteiger partial charge in [0.2, 0.25) is 0 Å². The van der Waals surface area contributed by atoms with Crippen molar-refractivity contribution < 1.29 is 14.3 Å². The molecule has 2 heterocycles. The minimum Gasteiger partial charge on any atom is -0.465 e. The van der Waals surface area contributed by atoms with E-state index < -0.39 is 5.97 Å². The molecule has 7 nitrogen and oxygen atoms in total. The summed E-state index contributed by atoms with van der Waals surface area (Å²) in [5, 5.41) is 0.996. The normalized spacial score (nSPS) is 11.0. The molecule has 1 aromatic carbocycles. The van der Waals surface area contributed by atoms with Gasteiger partial charge in [0, 0.05) is 12.7 Å². The molecule has 0 saturated heterocycles. The predicted molar refractivity (Wildman–Crippen MR) is 104 cm³/mol. The number of nitrogens with one attached hydrogen (secondary N) is 1. The zero-order valence-corrected chi connectivity index (χ0v) is 16.3. The van der Waals surface area contributed by atoms with Crippen LogP contribution in [0.2, 0.25) is 0 Å². The summed E-state index contributed by atoms with van der Waals surface area (Å²) in [7, 11) is 2.94. The Morgan fingerprint density at radius 3 is 2.67 bits per heavy atom. The molecule has 0 aliphatic rings. The van der Waals surface area contributed by atoms with Crippen molar-refractivity contribution in [2.24, 2.45) is 7.05 Å². The quantitative estimate of drug-likeness (QED) is 0.314. The van der Waals surface area contributed by atoms with E-state index in [1.807, 2.05) is 6.07 Å². The lowest BCUT2D eigenvalue weighted by molar-refractivity contribution is 0.0599. The Morgan fingerprint density at radius 2 is 1.96 bits per heavy atom. The molecule has 0 bridgehead atoms. The van der Waals surface area contributed by atoms with Crippen molar-refractivity contribution in [1.82, 2.24) is 14.5 Å². The first-order valence-electron chi connectivity index (χ1n) is 8.24. The highest BCUT2D eigenvalue weighted by Crippen LogP contribution is 2.23. The number of esters is 1. The van der Waals surface area contributed by atoms with Crippen molar-refractivity contribution in [1.29, 1.82) is 0 Å². The number of hydrogen-bond acceptors (Lipinski definition) is 6. The number of fused-ring (bicyclic) bond motifs is 1. The molecule has 0 atom stereocenters. The van der Waals surface area contributed by atoms with Crippen molar-refractivity contribution >= 4 is 34.4 Å². The highest BCUT2D eigenvalue weighted by molar-refractivity contribution is 7.99. The Bertz CT molecular complexity index is 1110. The van der Waals surface area contributed by atoms with E-state index in [1.165, 1.54) is 23.4 Å². The average Bonchev–Trinajstić information content (AvgIpc) is 2.97. The van der Waals surface area contributed by atoms with Crippen LogP contribution in [0, 0.1) is 13.8 Å². The van der Waals surface area contributed by atoms with E-state index in [0.29, 0.717) is 38.6 Å². The molecule has 2 aromatic heterocycles. The summed E-state index contributed by atoms with van der Waals surface area (Å²) in [6, 6.07) is 7.10. The van der Waals surface area contributed by atoms with Crippen LogP contribution in [0.4, 0.5) is 0 Å². The summed E-state index contributed by atoms with van der Waals surface area (Å²) < 4.78 is 6.20. The van der Waals surface area contributed by atoms with Gasteiger partial charge < -0.3 is 9.72 Å². The number of aromatic amines is 1. The summed E-state index contributed by atoms with van der Waals surface area (Å²) in [5.74, 6) is -0.579. The van der Waals surface area contributed by atoms with Gasteiger partial charge >= 0.3 is 5.97 Å². The fraction of sp³-hybridized carbons (Fsp3) is 0.263. The van der Waals surface area contributed by atoms with Crippen molar-refractivity contribution in [3.8, 4) is 0 Å². The number of aryl methyl sites for hydroxylation is 1. The Labute approximate surface area is 159 Å². The zero-order valence-electron chi connectivity index (χ0n) is 15.5. The second-order valence-corrected chi connectivity index (χ2v) is 7.05. The number of carbonyl (C=O) groups is 2. The molecule has 0 aliphatic carbocycles. The molecule has 140 valence electrons. The maximum atomic E-state index is 12.7. The minimum absolute atomic E-state index is 0.0834. The molecule has 27 heavy (non-hydrogen) atoms.